The van der Waals surface area contributed by atoms with Crippen LogP contribution in [0.15, 0.2) is 0 Å². The van der Waals surface area contributed by atoms with Crippen molar-refractivity contribution >= 4 is 17.1 Å². The Morgan fingerprint density at radius 1 is 1.10 bits per heavy atom. The number of hydrogen-bond donors (Lipinski definition) is 0. The van der Waals surface area contributed by atoms with Gasteiger partial charge >= 0.3 is 35.2 Å². The molecule has 0 spiro atoms. The van der Waals surface area contributed by atoms with Crippen LogP contribution in [0.25, 0.3) is 0 Å². The molecule has 3 heteroatoms. The maximum atomic E-state index is 2.34. The average molecular weight is 362 g/mol. The summed E-state index contributed by atoms with van der Waals surface area (Å²) in [7, 11) is 2.14. The molecule has 0 aromatic heterocycles. The predicted octanol–water partition coefficient (Wildman–Crippen LogP) is 3.34. The van der Waals surface area contributed by atoms with Gasteiger partial charge in [-0.15, -0.1) is 7.92 Å². The molecule has 0 unspecified atom stereocenters. The molecule has 0 radical (unpaired) electrons. The molecule has 0 saturated carbocycles. The molecule has 0 aromatic carbocycles. The van der Waals surface area contributed by atoms with Crippen molar-refractivity contribution in [1.29, 1.82) is 0 Å². The van der Waals surface area contributed by atoms with Gasteiger partial charge < -0.3 is 0 Å². The van der Waals surface area contributed by atoms with Crippen molar-refractivity contribution in [2.75, 3.05) is 24.7 Å². The normalized spacial score (nSPS) is 9.10. The summed E-state index contributed by atoms with van der Waals surface area (Å²) in [6.45, 7) is 6.87. The molecule has 0 N–H and O–H groups in total. The van der Waals surface area contributed by atoms with Crippen molar-refractivity contribution < 1.29 is 19.7 Å². The topological polar surface area (TPSA) is 0 Å². The Kier molecular flexibility index (Phi) is 18.5. The molecule has 0 amide bonds. The Bertz CT molecular complexity index is 43.4. The first kappa shape index (κ1) is 14.1. The minimum absolute atomic E-state index is 0.446. The molecule has 0 bridgehead atoms. The zero-order valence-electron chi connectivity index (χ0n) is 7.28. The first-order chi connectivity index (χ1) is 4.76. The van der Waals surface area contributed by atoms with Crippen LogP contribution in [0, 0.1) is 0 Å². The van der Waals surface area contributed by atoms with Crippen LogP contribution < -0.4 is 0 Å². The zero-order chi connectivity index (χ0) is 8.41. The monoisotopic (exact) mass is 362 g/mol. The summed E-state index contributed by atoms with van der Waals surface area (Å²) in [6, 6.07) is 0. The SMILES string of the molecule is CCP(CC)CC.C[S][Au]. The molecule has 0 saturated heterocycles. The van der Waals surface area contributed by atoms with Gasteiger partial charge in [0.25, 0.3) is 0 Å². The van der Waals surface area contributed by atoms with Crippen molar-refractivity contribution in [3.8, 4) is 0 Å². The first-order valence-electron chi connectivity index (χ1n) is 3.60. The van der Waals surface area contributed by atoms with Crippen LogP contribution >= 0.6 is 17.1 Å². The molecule has 0 aromatic rings. The molecule has 0 aliphatic carbocycles. The van der Waals surface area contributed by atoms with E-state index >= 15 is 0 Å². The van der Waals surface area contributed by atoms with E-state index in [0.29, 0.717) is 7.92 Å². The first-order valence-corrected chi connectivity index (χ1v) is 9.21. The molecular formula is C7H18AuPS. The summed E-state index contributed by atoms with van der Waals surface area (Å²) in [6.07, 6.45) is 6.27. The standard InChI is InChI=1S/C6H15P.CH4S.Au/c1-4-7(5-2)6-3;1-2;/h4-6H2,1-3H3;2H,1H3;/q;;+1/p-1. The molecule has 68 valence electrons. The fourth-order valence-corrected chi connectivity index (χ4v) is 2.01. The van der Waals surface area contributed by atoms with Gasteiger partial charge in [0.15, 0.2) is 0 Å². The van der Waals surface area contributed by atoms with E-state index in [-0.39, 0.29) is 0 Å². The predicted molar refractivity (Wildman–Crippen MR) is 52.1 cm³/mol. The van der Waals surface area contributed by atoms with Crippen molar-refractivity contribution in [2.24, 2.45) is 0 Å². The molecule has 0 heterocycles. The van der Waals surface area contributed by atoms with Crippen LogP contribution in [-0.4, -0.2) is 24.7 Å². The van der Waals surface area contributed by atoms with Gasteiger partial charge in [0, 0.05) is 0 Å². The Hall–Kier alpha value is 1.52. The van der Waals surface area contributed by atoms with E-state index in [9.17, 15) is 0 Å². The van der Waals surface area contributed by atoms with Crippen LogP contribution in [0.2, 0.25) is 0 Å². The third-order valence-corrected chi connectivity index (χ3v) is 4.02. The number of rotatable bonds is 3. The second kappa shape index (κ2) is 13.1. The van der Waals surface area contributed by atoms with E-state index < -0.39 is 0 Å². The third kappa shape index (κ3) is 12.2. The minimum atomic E-state index is 0.446. The summed E-state index contributed by atoms with van der Waals surface area (Å²) >= 11 is 2.34. The molecule has 0 fully saturated rings. The van der Waals surface area contributed by atoms with Gasteiger partial charge in [-0.1, -0.05) is 20.8 Å². The second-order valence-electron chi connectivity index (χ2n) is 1.74. The van der Waals surface area contributed by atoms with E-state index in [1.54, 1.807) is 9.23 Å². The Labute approximate surface area is 82.2 Å². The summed E-state index contributed by atoms with van der Waals surface area (Å²) < 4.78 is 0. The van der Waals surface area contributed by atoms with Gasteiger partial charge in [-0.2, -0.15) is 0 Å². The van der Waals surface area contributed by atoms with Crippen molar-refractivity contribution in [3.63, 3.8) is 0 Å². The van der Waals surface area contributed by atoms with Crippen LogP contribution in [0.4, 0.5) is 0 Å². The Balaban J connectivity index is 0. The molecule has 0 atom stereocenters. The third-order valence-electron chi connectivity index (χ3n) is 1.34. The zero-order valence-corrected chi connectivity index (χ0v) is 11.2. The molecule has 0 aliphatic rings. The molecule has 0 rings (SSSR count). The van der Waals surface area contributed by atoms with Gasteiger partial charge in [-0.3, -0.25) is 0 Å². The molecule has 0 nitrogen and oxygen atoms in total. The van der Waals surface area contributed by atoms with Gasteiger partial charge in [-0.25, -0.2) is 0 Å². The Morgan fingerprint density at radius 2 is 1.30 bits per heavy atom. The second-order valence-corrected chi connectivity index (χ2v) is 7.88. The van der Waals surface area contributed by atoms with E-state index in [0.717, 1.165) is 0 Å². The van der Waals surface area contributed by atoms with Gasteiger partial charge in [-0.05, 0) is 18.5 Å². The van der Waals surface area contributed by atoms with Gasteiger partial charge in [0.2, 0.25) is 0 Å². The summed E-state index contributed by atoms with van der Waals surface area (Å²) in [4.78, 5) is 0. The summed E-state index contributed by atoms with van der Waals surface area (Å²) in [5.41, 5.74) is 0. The fourth-order valence-electron chi connectivity index (χ4n) is 0.671. The summed E-state index contributed by atoms with van der Waals surface area (Å²) in [5, 5.41) is 0. The van der Waals surface area contributed by atoms with Gasteiger partial charge in [0.05, 0.1) is 0 Å². The van der Waals surface area contributed by atoms with Crippen LogP contribution in [0.1, 0.15) is 20.8 Å². The van der Waals surface area contributed by atoms with E-state index in [1.165, 1.54) is 18.5 Å². The van der Waals surface area contributed by atoms with Crippen LogP contribution in [-0.2, 0) is 19.7 Å². The van der Waals surface area contributed by atoms with Crippen molar-refractivity contribution in [2.45, 2.75) is 20.8 Å². The van der Waals surface area contributed by atoms with Crippen molar-refractivity contribution in [1.82, 2.24) is 0 Å². The van der Waals surface area contributed by atoms with E-state index in [2.05, 4.69) is 40.5 Å². The van der Waals surface area contributed by atoms with E-state index in [1.807, 2.05) is 6.26 Å². The molecular weight excluding hydrogens is 344 g/mol. The van der Waals surface area contributed by atoms with E-state index in [4.69, 9.17) is 0 Å². The molecule has 10 heavy (non-hydrogen) atoms. The molecule has 0 aliphatic heterocycles. The van der Waals surface area contributed by atoms with Gasteiger partial charge in [0.1, 0.15) is 0 Å². The van der Waals surface area contributed by atoms with Crippen molar-refractivity contribution in [3.05, 3.63) is 0 Å². The average Bonchev–Trinajstić information content (AvgIpc) is 1.93. The van der Waals surface area contributed by atoms with Crippen LogP contribution in [0.3, 0.4) is 0 Å². The van der Waals surface area contributed by atoms with Crippen LogP contribution in [0.5, 0.6) is 0 Å². The quantitative estimate of drug-likeness (QED) is 0.548. The Morgan fingerprint density at radius 3 is 1.30 bits per heavy atom. The number of hydrogen-bond acceptors (Lipinski definition) is 1. The summed E-state index contributed by atoms with van der Waals surface area (Å²) in [5.74, 6) is 0. The maximum absolute atomic E-state index is 2.34. The fraction of sp³-hybridized carbons (Fsp3) is 1.00.